The standard InChI is InChI=1S/C7H11F2NO/c1-3-7(11)10-5(2)4-6(8)9/h3,5-6H,1,4H2,2H3,(H,10,11). The van der Waals surface area contributed by atoms with Crippen LogP contribution in [0, 0.1) is 0 Å². The monoisotopic (exact) mass is 163 g/mol. The van der Waals surface area contributed by atoms with Gasteiger partial charge in [-0.05, 0) is 13.0 Å². The number of hydrogen-bond acceptors (Lipinski definition) is 1. The van der Waals surface area contributed by atoms with E-state index >= 15 is 0 Å². The fourth-order valence-electron chi connectivity index (χ4n) is 0.628. The zero-order valence-electron chi connectivity index (χ0n) is 6.31. The normalized spacial score (nSPS) is 12.7. The Morgan fingerprint density at radius 1 is 1.73 bits per heavy atom. The summed E-state index contributed by atoms with van der Waals surface area (Å²) in [6.07, 6.45) is -1.64. The molecular formula is C7H11F2NO. The van der Waals surface area contributed by atoms with Gasteiger partial charge in [-0.15, -0.1) is 0 Å². The van der Waals surface area contributed by atoms with Crippen molar-refractivity contribution >= 4 is 5.91 Å². The molecule has 0 spiro atoms. The van der Waals surface area contributed by atoms with E-state index in [1.165, 1.54) is 6.92 Å². The summed E-state index contributed by atoms with van der Waals surface area (Å²) >= 11 is 0. The van der Waals surface area contributed by atoms with Crippen molar-refractivity contribution in [2.24, 2.45) is 0 Å². The molecule has 0 saturated carbocycles. The van der Waals surface area contributed by atoms with E-state index in [0.717, 1.165) is 6.08 Å². The van der Waals surface area contributed by atoms with Gasteiger partial charge in [0.15, 0.2) is 0 Å². The van der Waals surface area contributed by atoms with Gasteiger partial charge in [0.05, 0.1) is 0 Å². The van der Waals surface area contributed by atoms with Crippen molar-refractivity contribution in [3.05, 3.63) is 12.7 Å². The lowest BCUT2D eigenvalue weighted by Crippen LogP contribution is -2.32. The number of halogens is 2. The number of carbonyl (C=O) groups is 1. The van der Waals surface area contributed by atoms with E-state index in [1.807, 2.05) is 0 Å². The average molecular weight is 163 g/mol. The van der Waals surface area contributed by atoms with Crippen LogP contribution in [0.4, 0.5) is 8.78 Å². The molecule has 0 rings (SSSR count). The van der Waals surface area contributed by atoms with Crippen molar-refractivity contribution in [3.8, 4) is 0 Å². The van der Waals surface area contributed by atoms with Gasteiger partial charge in [0.2, 0.25) is 12.3 Å². The number of nitrogens with one attached hydrogen (secondary N) is 1. The molecule has 4 heteroatoms. The van der Waals surface area contributed by atoms with Crippen molar-refractivity contribution in [2.45, 2.75) is 25.8 Å². The second-order valence-corrected chi connectivity index (χ2v) is 2.24. The van der Waals surface area contributed by atoms with Gasteiger partial charge < -0.3 is 5.32 Å². The van der Waals surface area contributed by atoms with Crippen LogP contribution < -0.4 is 5.32 Å². The van der Waals surface area contributed by atoms with Gasteiger partial charge in [-0.1, -0.05) is 6.58 Å². The van der Waals surface area contributed by atoms with Crippen molar-refractivity contribution in [1.82, 2.24) is 5.32 Å². The lowest BCUT2D eigenvalue weighted by atomic mass is 10.2. The van der Waals surface area contributed by atoms with Crippen LogP contribution in [-0.2, 0) is 4.79 Å². The lowest BCUT2D eigenvalue weighted by molar-refractivity contribution is -0.117. The van der Waals surface area contributed by atoms with Crippen molar-refractivity contribution in [2.75, 3.05) is 0 Å². The van der Waals surface area contributed by atoms with Crippen LogP contribution in [0.3, 0.4) is 0 Å². The van der Waals surface area contributed by atoms with Gasteiger partial charge in [-0.3, -0.25) is 4.79 Å². The molecule has 2 nitrogen and oxygen atoms in total. The van der Waals surface area contributed by atoms with Gasteiger partial charge in [0, 0.05) is 12.5 Å². The van der Waals surface area contributed by atoms with E-state index in [-0.39, 0.29) is 6.42 Å². The topological polar surface area (TPSA) is 29.1 Å². The number of amides is 1. The Bertz CT molecular complexity index is 147. The summed E-state index contributed by atoms with van der Waals surface area (Å²) in [4.78, 5) is 10.5. The van der Waals surface area contributed by atoms with E-state index < -0.39 is 18.4 Å². The lowest BCUT2D eigenvalue weighted by Gasteiger charge is -2.10. The minimum absolute atomic E-state index is 0.320. The molecule has 1 amide bonds. The van der Waals surface area contributed by atoms with Crippen LogP contribution in [-0.4, -0.2) is 18.4 Å². The Kier molecular flexibility index (Phi) is 4.41. The number of alkyl halides is 2. The van der Waals surface area contributed by atoms with Gasteiger partial charge in [-0.2, -0.15) is 0 Å². The molecule has 0 fully saturated rings. The highest BCUT2D eigenvalue weighted by Gasteiger charge is 2.10. The van der Waals surface area contributed by atoms with Gasteiger partial charge in [0.25, 0.3) is 0 Å². The Labute approximate surface area is 64.3 Å². The Hall–Kier alpha value is -0.930. The van der Waals surface area contributed by atoms with E-state index in [2.05, 4.69) is 11.9 Å². The minimum Gasteiger partial charge on any atom is -0.350 e. The van der Waals surface area contributed by atoms with Crippen LogP contribution in [0.5, 0.6) is 0 Å². The van der Waals surface area contributed by atoms with Crippen LogP contribution in [0.15, 0.2) is 12.7 Å². The second kappa shape index (κ2) is 4.82. The number of carbonyl (C=O) groups excluding carboxylic acids is 1. The van der Waals surface area contributed by atoms with Crippen LogP contribution in [0.2, 0.25) is 0 Å². The molecule has 0 aliphatic rings. The molecule has 1 unspecified atom stereocenters. The number of hydrogen-bond donors (Lipinski definition) is 1. The van der Waals surface area contributed by atoms with Gasteiger partial charge in [-0.25, -0.2) is 8.78 Å². The number of rotatable bonds is 4. The molecule has 0 saturated heterocycles. The molecular weight excluding hydrogens is 152 g/mol. The van der Waals surface area contributed by atoms with E-state index in [9.17, 15) is 13.6 Å². The van der Waals surface area contributed by atoms with Crippen molar-refractivity contribution in [1.29, 1.82) is 0 Å². The summed E-state index contributed by atoms with van der Waals surface area (Å²) < 4.78 is 23.3. The molecule has 0 aromatic carbocycles. The SMILES string of the molecule is C=CC(=O)NC(C)CC(F)F. The largest absolute Gasteiger partial charge is 0.350 e. The molecule has 0 bridgehead atoms. The van der Waals surface area contributed by atoms with Crippen LogP contribution >= 0.6 is 0 Å². The summed E-state index contributed by atoms with van der Waals surface area (Å²) in [5.74, 6) is -0.418. The van der Waals surface area contributed by atoms with E-state index in [4.69, 9.17) is 0 Å². The summed E-state index contributed by atoms with van der Waals surface area (Å²) in [6.45, 7) is 4.71. The fourth-order valence-corrected chi connectivity index (χ4v) is 0.628. The maximum absolute atomic E-state index is 11.7. The average Bonchev–Trinajstić information content (AvgIpc) is 1.85. The molecule has 0 heterocycles. The molecule has 0 radical (unpaired) electrons. The third-order valence-electron chi connectivity index (χ3n) is 1.11. The molecule has 1 atom stereocenters. The highest BCUT2D eigenvalue weighted by atomic mass is 19.3. The van der Waals surface area contributed by atoms with E-state index in [1.54, 1.807) is 0 Å². The molecule has 0 aromatic heterocycles. The van der Waals surface area contributed by atoms with E-state index in [0.29, 0.717) is 0 Å². The zero-order valence-corrected chi connectivity index (χ0v) is 6.31. The first-order chi connectivity index (χ1) is 5.06. The molecule has 0 aromatic rings. The van der Waals surface area contributed by atoms with Crippen molar-refractivity contribution in [3.63, 3.8) is 0 Å². The highest BCUT2D eigenvalue weighted by Crippen LogP contribution is 2.02. The summed E-state index contributed by atoms with van der Waals surface area (Å²) in [7, 11) is 0. The first kappa shape index (κ1) is 10.1. The van der Waals surface area contributed by atoms with Crippen molar-refractivity contribution < 1.29 is 13.6 Å². The second-order valence-electron chi connectivity index (χ2n) is 2.24. The first-order valence-corrected chi connectivity index (χ1v) is 3.27. The predicted octanol–water partition coefficient (Wildman–Crippen LogP) is 1.33. The summed E-state index contributed by atoms with van der Waals surface area (Å²) in [5, 5.41) is 2.32. The molecule has 0 aliphatic carbocycles. The smallest absolute Gasteiger partial charge is 0.243 e. The minimum atomic E-state index is -2.38. The first-order valence-electron chi connectivity index (χ1n) is 3.27. The molecule has 11 heavy (non-hydrogen) atoms. The quantitative estimate of drug-likeness (QED) is 0.622. The molecule has 64 valence electrons. The fraction of sp³-hybridized carbons (Fsp3) is 0.571. The predicted molar refractivity (Wildman–Crippen MR) is 38.4 cm³/mol. The van der Waals surface area contributed by atoms with Gasteiger partial charge in [0.1, 0.15) is 0 Å². The maximum Gasteiger partial charge on any atom is 0.243 e. The third-order valence-corrected chi connectivity index (χ3v) is 1.11. The van der Waals surface area contributed by atoms with Crippen LogP contribution in [0.25, 0.3) is 0 Å². The Balaban J connectivity index is 3.59. The third kappa shape index (κ3) is 5.51. The molecule has 0 aliphatic heterocycles. The maximum atomic E-state index is 11.7. The van der Waals surface area contributed by atoms with Gasteiger partial charge >= 0.3 is 0 Å². The zero-order chi connectivity index (χ0) is 8.85. The summed E-state index contributed by atoms with van der Waals surface area (Å²) in [5.41, 5.74) is 0. The Morgan fingerprint density at radius 3 is 2.64 bits per heavy atom. The summed E-state index contributed by atoms with van der Waals surface area (Å²) in [6, 6.07) is -0.500. The molecule has 1 N–H and O–H groups in total. The highest BCUT2D eigenvalue weighted by molar-refractivity contribution is 5.87. The van der Waals surface area contributed by atoms with Crippen LogP contribution in [0.1, 0.15) is 13.3 Å². The Morgan fingerprint density at radius 2 is 2.27 bits per heavy atom.